The SMILES string of the molecule is COc1ccc(OC)c(C(C)N(c2ccc(OC)c(OC)c2)S(=O)(=O)c2cccc(Cl)c2C)c1. The monoisotopic (exact) mass is 505 g/mol. The molecule has 0 amide bonds. The second-order valence-electron chi connectivity index (χ2n) is 7.49. The van der Waals surface area contributed by atoms with Crippen molar-refractivity contribution in [1.29, 1.82) is 0 Å². The first kappa shape index (κ1) is 25.5. The van der Waals surface area contributed by atoms with Gasteiger partial charge in [-0.05, 0) is 61.9 Å². The van der Waals surface area contributed by atoms with Crippen LogP contribution in [-0.2, 0) is 10.0 Å². The van der Waals surface area contributed by atoms with Gasteiger partial charge < -0.3 is 18.9 Å². The van der Waals surface area contributed by atoms with Gasteiger partial charge in [0.25, 0.3) is 10.0 Å². The molecule has 1 atom stereocenters. The van der Waals surface area contributed by atoms with Crippen LogP contribution in [0.4, 0.5) is 5.69 Å². The maximum absolute atomic E-state index is 14.2. The van der Waals surface area contributed by atoms with E-state index in [2.05, 4.69) is 0 Å². The topological polar surface area (TPSA) is 74.3 Å². The Morgan fingerprint density at radius 2 is 1.47 bits per heavy atom. The molecule has 0 aromatic heterocycles. The predicted molar refractivity (Wildman–Crippen MR) is 133 cm³/mol. The zero-order valence-corrected chi connectivity index (χ0v) is 21.5. The van der Waals surface area contributed by atoms with Gasteiger partial charge in [0.1, 0.15) is 11.5 Å². The van der Waals surface area contributed by atoms with Crippen LogP contribution < -0.4 is 23.3 Å². The molecule has 0 N–H and O–H groups in total. The second-order valence-corrected chi connectivity index (χ2v) is 9.68. The summed E-state index contributed by atoms with van der Waals surface area (Å²) >= 11 is 6.29. The van der Waals surface area contributed by atoms with E-state index in [0.717, 1.165) is 0 Å². The lowest BCUT2D eigenvalue weighted by Crippen LogP contribution is -2.34. The molecular weight excluding hydrogens is 478 g/mol. The maximum atomic E-state index is 14.2. The van der Waals surface area contributed by atoms with E-state index in [9.17, 15) is 8.42 Å². The Hall–Kier alpha value is -3.10. The summed E-state index contributed by atoms with van der Waals surface area (Å²) in [5.74, 6) is 1.98. The molecule has 0 aliphatic rings. The molecule has 1 unspecified atom stereocenters. The van der Waals surface area contributed by atoms with E-state index in [0.29, 0.717) is 44.8 Å². The Bertz CT molecular complexity index is 1280. The van der Waals surface area contributed by atoms with Gasteiger partial charge in [-0.25, -0.2) is 8.42 Å². The lowest BCUT2D eigenvalue weighted by molar-refractivity contribution is 0.355. The van der Waals surface area contributed by atoms with Gasteiger partial charge in [-0.2, -0.15) is 0 Å². The first-order valence-electron chi connectivity index (χ1n) is 10.4. The van der Waals surface area contributed by atoms with Crippen LogP contribution in [0.25, 0.3) is 0 Å². The third kappa shape index (κ3) is 4.74. The Labute approximate surface area is 205 Å². The molecular formula is C25H28ClNO6S. The van der Waals surface area contributed by atoms with E-state index in [1.54, 1.807) is 75.6 Å². The minimum Gasteiger partial charge on any atom is -0.497 e. The highest BCUT2D eigenvalue weighted by Gasteiger charge is 2.34. The first-order chi connectivity index (χ1) is 16.2. The summed E-state index contributed by atoms with van der Waals surface area (Å²) in [7, 11) is 2.01. The van der Waals surface area contributed by atoms with Crippen molar-refractivity contribution in [3.05, 3.63) is 70.7 Å². The van der Waals surface area contributed by atoms with Crippen LogP contribution in [0.15, 0.2) is 59.5 Å². The summed E-state index contributed by atoms with van der Waals surface area (Å²) in [5, 5.41) is 0.361. The van der Waals surface area contributed by atoms with E-state index < -0.39 is 16.1 Å². The zero-order chi connectivity index (χ0) is 25.0. The molecule has 34 heavy (non-hydrogen) atoms. The molecule has 3 rings (SSSR count). The normalized spacial score (nSPS) is 12.1. The number of methoxy groups -OCH3 is 4. The van der Waals surface area contributed by atoms with Gasteiger partial charge in [0.2, 0.25) is 0 Å². The summed E-state index contributed by atoms with van der Waals surface area (Å²) in [6.07, 6.45) is 0. The third-order valence-electron chi connectivity index (χ3n) is 5.62. The number of benzene rings is 3. The Kier molecular flexibility index (Phi) is 7.84. The van der Waals surface area contributed by atoms with Gasteiger partial charge in [-0.15, -0.1) is 0 Å². The maximum Gasteiger partial charge on any atom is 0.265 e. The summed E-state index contributed by atoms with van der Waals surface area (Å²) in [5.41, 5.74) is 1.47. The molecule has 3 aromatic carbocycles. The Morgan fingerprint density at radius 3 is 2.09 bits per heavy atom. The van der Waals surface area contributed by atoms with Crippen LogP contribution in [0.5, 0.6) is 23.0 Å². The number of halogens is 1. The van der Waals surface area contributed by atoms with E-state index >= 15 is 0 Å². The highest BCUT2D eigenvalue weighted by atomic mass is 35.5. The van der Waals surface area contributed by atoms with Gasteiger partial charge in [-0.1, -0.05) is 17.7 Å². The van der Waals surface area contributed by atoms with E-state index in [1.807, 2.05) is 0 Å². The molecule has 0 radical (unpaired) electrons. The van der Waals surface area contributed by atoms with Crippen LogP contribution in [0.2, 0.25) is 5.02 Å². The summed E-state index contributed by atoms with van der Waals surface area (Å²) < 4.78 is 51.3. The minimum absolute atomic E-state index is 0.100. The van der Waals surface area contributed by atoms with E-state index in [4.69, 9.17) is 30.5 Å². The lowest BCUT2D eigenvalue weighted by Gasteiger charge is -2.32. The fraction of sp³-hybridized carbons (Fsp3) is 0.280. The molecule has 0 spiro atoms. The molecule has 0 bridgehead atoms. The number of hydrogen-bond donors (Lipinski definition) is 0. The molecule has 0 fully saturated rings. The zero-order valence-electron chi connectivity index (χ0n) is 20.0. The van der Waals surface area contributed by atoms with Crippen molar-refractivity contribution in [2.45, 2.75) is 24.8 Å². The average Bonchev–Trinajstić information content (AvgIpc) is 2.84. The standard InChI is InChI=1S/C25H28ClNO6S/c1-16-21(26)8-7-9-25(16)34(28,29)27(18-10-12-23(32-5)24(14-18)33-6)17(2)20-15-19(30-3)11-13-22(20)31-4/h7-15,17H,1-6H3. The van der Waals surface area contributed by atoms with Gasteiger partial charge in [0.15, 0.2) is 11.5 Å². The minimum atomic E-state index is -4.09. The van der Waals surface area contributed by atoms with Gasteiger partial charge >= 0.3 is 0 Å². The van der Waals surface area contributed by atoms with Gasteiger partial charge in [0, 0.05) is 16.7 Å². The van der Waals surface area contributed by atoms with Gasteiger partial charge in [-0.3, -0.25) is 4.31 Å². The van der Waals surface area contributed by atoms with Crippen molar-refractivity contribution in [2.75, 3.05) is 32.7 Å². The smallest absolute Gasteiger partial charge is 0.265 e. The molecule has 3 aromatic rings. The Morgan fingerprint density at radius 1 is 0.824 bits per heavy atom. The van der Waals surface area contributed by atoms with Crippen LogP contribution in [0.3, 0.4) is 0 Å². The number of anilines is 1. The van der Waals surface area contributed by atoms with E-state index in [1.165, 1.54) is 25.6 Å². The molecule has 0 aliphatic heterocycles. The largest absolute Gasteiger partial charge is 0.497 e. The molecule has 0 saturated heterocycles. The number of sulfonamides is 1. The highest BCUT2D eigenvalue weighted by molar-refractivity contribution is 7.93. The van der Waals surface area contributed by atoms with Crippen molar-refractivity contribution in [3.63, 3.8) is 0 Å². The summed E-state index contributed by atoms with van der Waals surface area (Å²) in [6.45, 7) is 3.46. The lowest BCUT2D eigenvalue weighted by atomic mass is 10.1. The van der Waals surface area contributed by atoms with Crippen molar-refractivity contribution in [3.8, 4) is 23.0 Å². The molecule has 0 saturated carbocycles. The summed E-state index contributed by atoms with van der Waals surface area (Å²) in [6, 6.07) is 14.3. The second kappa shape index (κ2) is 10.4. The molecule has 9 heteroatoms. The van der Waals surface area contributed by atoms with Crippen LogP contribution >= 0.6 is 11.6 Å². The van der Waals surface area contributed by atoms with Crippen molar-refractivity contribution in [2.24, 2.45) is 0 Å². The quantitative estimate of drug-likeness (QED) is 0.374. The number of hydrogen-bond acceptors (Lipinski definition) is 6. The number of ether oxygens (including phenoxy) is 4. The molecule has 182 valence electrons. The molecule has 0 aliphatic carbocycles. The van der Waals surface area contributed by atoms with E-state index in [-0.39, 0.29) is 4.90 Å². The van der Waals surface area contributed by atoms with Crippen molar-refractivity contribution in [1.82, 2.24) is 0 Å². The number of nitrogens with zero attached hydrogens (tertiary/aromatic N) is 1. The molecule has 7 nitrogen and oxygen atoms in total. The summed E-state index contributed by atoms with van der Waals surface area (Å²) in [4.78, 5) is 0.100. The fourth-order valence-electron chi connectivity index (χ4n) is 3.80. The predicted octanol–water partition coefficient (Wildman–Crippen LogP) is 5.64. The highest BCUT2D eigenvalue weighted by Crippen LogP contribution is 2.42. The van der Waals surface area contributed by atoms with Crippen LogP contribution in [0, 0.1) is 6.92 Å². The number of rotatable bonds is 9. The van der Waals surface area contributed by atoms with Crippen molar-refractivity contribution < 1.29 is 27.4 Å². The third-order valence-corrected chi connectivity index (χ3v) is 8.07. The molecule has 0 heterocycles. The Balaban J connectivity index is 2.30. The fourth-order valence-corrected chi connectivity index (χ4v) is 5.91. The van der Waals surface area contributed by atoms with Crippen LogP contribution in [0.1, 0.15) is 24.1 Å². The van der Waals surface area contributed by atoms with Crippen molar-refractivity contribution >= 4 is 27.3 Å². The average molecular weight is 506 g/mol. The van der Waals surface area contributed by atoms with Crippen LogP contribution in [-0.4, -0.2) is 36.9 Å². The first-order valence-corrected chi connectivity index (χ1v) is 12.2. The van der Waals surface area contributed by atoms with Gasteiger partial charge in [0.05, 0.1) is 45.1 Å².